The van der Waals surface area contributed by atoms with E-state index in [9.17, 15) is 4.79 Å². The Hall–Kier alpha value is -0.990. The molecule has 0 saturated carbocycles. The minimum Gasteiger partial charge on any atom is -0.498 e. The van der Waals surface area contributed by atoms with Crippen molar-refractivity contribution in [3.63, 3.8) is 0 Å². The fourth-order valence-corrected chi connectivity index (χ4v) is 1.33. The number of hydrogen-bond donors (Lipinski definition) is 1. The quantitative estimate of drug-likeness (QED) is 0.714. The van der Waals surface area contributed by atoms with Crippen LogP contribution in [0.1, 0.15) is 52.4 Å². The number of ether oxygens (including phenoxy) is 1. The summed E-state index contributed by atoms with van der Waals surface area (Å²) in [5.74, 6) is 0.904. The molecule has 0 unspecified atom stereocenters. The number of hydrogen-bond acceptors (Lipinski definition) is 2. The van der Waals surface area contributed by atoms with E-state index in [1.807, 2.05) is 0 Å². The molecule has 0 heterocycles. The van der Waals surface area contributed by atoms with E-state index >= 15 is 0 Å². The summed E-state index contributed by atoms with van der Waals surface area (Å²) in [5.41, 5.74) is 4.47. The zero-order valence-electron chi connectivity index (χ0n) is 9.92. The molecule has 0 atom stereocenters. The van der Waals surface area contributed by atoms with Gasteiger partial charge < -0.3 is 10.5 Å². The molecule has 2 N–H and O–H groups in total. The van der Waals surface area contributed by atoms with Gasteiger partial charge in [0.05, 0.1) is 12.4 Å². The third-order valence-electron chi connectivity index (χ3n) is 2.03. The maximum Gasteiger partial charge on any atom is 0.214 e. The van der Waals surface area contributed by atoms with Crippen LogP contribution in [0.5, 0.6) is 0 Å². The molecule has 1 rings (SSSR count). The van der Waals surface area contributed by atoms with E-state index in [1.54, 1.807) is 0 Å². The van der Waals surface area contributed by atoms with E-state index in [0.717, 1.165) is 6.61 Å². The fraction of sp³-hybridized carbons (Fsp3) is 0.750. The summed E-state index contributed by atoms with van der Waals surface area (Å²) in [6, 6.07) is 0. The summed E-state index contributed by atoms with van der Waals surface area (Å²) in [7, 11) is 0. The van der Waals surface area contributed by atoms with Crippen LogP contribution in [0.3, 0.4) is 0 Å². The van der Waals surface area contributed by atoms with Crippen molar-refractivity contribution in [3.8, 4) is 0 Å². The van der Waals surface area contributed by atoms with Crippen molar-refractivity contribution in [3.05, 3.63) is 11.8 Å². The van der Waals surface area contributed by atoms with Crippen LogP contribution in [0.25, 0.3) is 0 Å². The number of carbonyl (C=O) groups excluding carboxylic acids is 1. The molecule has 0 aliphatic heterocycles. The highest BCUT2D eigenvalue weighted by Gasteiger charge is 2.03. The molecule has 1 aliphatic rings. The predicted molar refractivity (Wildman–Crippen MR) is 62.3 cm³/mol. The minimum absolute atomic E-state index is 0.333. The van der Waals surface area contributed by atoms with Gasteiger partial charge in [-0.25, -0.2) is 0 Å². The second kappa shape index (κ2) is 9.56. The number of primary amides is 1. The topological polar surface area (TPSA) is 52.3 Å². The number of nitrogens with two attached hydrogens (primary N) is 1. The van der Waals surface area contributed by atoms with Gasteiger partial charge in [0.2, 0.25) is 5.91 Å². The highest BCUT2D eigenvalue weighted by atomic mass is 16.5. The normalized spacial score (nSPS) is 13.9. The van der Waals surface area contributed by atoms with E-state index < -0.39 is 0 Å². The van der Waals surface area contributed by atoms with Gasteiger partial charge in [-0.15, -0.1) is 0 Å². The smallest absolute Gasteiger partial charge is 0.214 e. The summed E-state index contributed by atoms with van der Waals surface area (Å²) in [4.78, 5) is 9.22. The molecule has 0 fully saturated rings. The molecule has 1 aliphatic carbocycles. The number of unbranched alkanes of at least 4 members (excludes halogenated alkanes) is 2. The fourth-order valence-electron chi connectivity index (χ4n) is 1.33. The van der Waals surface area contributed by atoms with Crippen molar-refractivity contribution in [1.82, 2.24) is 0 Å². The van der Waals surface area contributed by atoms with Crippen molar-refractivity contribution < 1.29 is 9.53 Å². The molecule has 3 heteroatoms. The largest absolute Gasteiger partial charge is 0.498 e. The average molecular weight is 213 g/mol. The van der Waals surface area contributed by atoms with Gasteiger partial charge in [0.1, 0.15) is 0 Å². The summed E-state index contributed by atoms with van der Waals surface area (Å²) in [6.07, 6.45) is 9.72. The Morgan fingerprint density at radius 1 is 1.53 bits per heavy atom. The lowest BCUT2D eigenvalue weighted by molar-refractivity contribution is -0.115. The molecular weight excluding hydrogens is 190 g/mol. The first-order valence-corrected chi connectivity index (χ1v) is 5.74. The molecule has 0 aromatic carbocycles. The van der Waals surface area contributed by atoms with Gasteiger partial charge in [0.25, 0.3) is 0 Å². The molecule has 0 spiro atoms. The lowest BCUT2D eigenvalue weighted by Gasteiger charge is -2.04. The Morgan fingerprint density at radius 3 is 2.67 bits per heavy atom. The van der Waals surface area contributed by atoms with Crippen LogP contribution < -0.4 is 5.73 Å². The number of amides is 1. The van der Waals surface area contributed by atoms with Crippen LogP contribution in [0.2, 0.25) is 0 Å². The first-order valence-electron chi connectivity index (χ1n) is 5.74. The van der Waals surface area contributed by atoms with Crippen molar-refractivity contribution in [1.29, 1.82) is 0 Å². The molecule has 15 heavy (non-hydrogen) atoms. The molecular formula is C12H23NO2. The molecule has 3 nitrogen and oxygen atoms in total. The molecule has 88 valence electrons. The lowest BCUT2D eigenvalue weighted by Crippen LogP contribution is -2.01. The van der Waals surface area contributed by atoms with Gasteiger partial charge in [-0.3, -0.25) is 4.79 Å². The number of rotatable bonds is 5. The van der Waals surface area contributed by atoms with E-state index in [4.69, 9.17) is 4.74 Å². The van der Waals surface area contributed by atoms with Gasteiger partial charge >= 0.3 is 0 Å². The van der Waals surface area contributed by atoms with Crippen LogP contribution >= 0.6 is 0 Å². The van der Waals surface area contributed by atoms with Crippen molar-refractivity contribution in [2.45, 2.75) is 52.4 Å². The summed E-state index contributed by atoms with van der Waals surface area (Å²) in [6.45, 7) is 4.45. The molecule has 0 saturated heterocycles. The Labute approximate surface area is 92.7 Å². The van der Waals surface area contributed by atoms with Crippen LogP contribution in [0, 0.1) is 0 Å². The first kappa shape index (κ1) is 14.0. The first-order chi connectivity index (χ1) is 7.16. The molecule has 1 amide bonds. The van der Waals surface area contributed by atoms with E-state index in [0.29, 0.717) is 0 Å². The molecule has 0 aromatic rings. The zero-order valence-corrected chi connectivity index (χ0v) is 9.92. The van der Waals surface area contributed by atoms with Crippen LogP contribution in [0.4, 0.5) is 0 Å². The average Bonchev–Trinajstić information content (AvgIpc) is 2.64. The third kappa shape index (κ3) is 10.9. The predicted octanol–water partition coefficient (Wildman–Crippen LogP) is 2.75. The highest BCUT2D eigenvalue weighted by Crippen LogP contribution is 2.18. The van der Waals surface area contributed by atoms with Crippen molar-refractivity contribution in [2.75, 3.05) is 6.61 Å². The van der Waals surface area contributed by atoms with E-state index in [1.165, 1.54) is 51.2 Å². The second-order valence-corrected chi connectivity index (χ2v) is 3.73. The zero-order chi connectivity index (χ0) is 11.5. The van der Waals surface area contributed by atoms with Crippen LogP contribution in [-0.4, -0.2) is 12.5 Å². The second-order valence-electron chi connectivity index (χ2n) is 3.73. The van der Waals surface area contributed by atoms with Gasteiger partial charge in [-0.05, 0) is 25.3 Å². The monoisotopic (exact) mass is 213 g/mol. The van der Waals surface area contributed by atoms with Gasteiger partial charge in [0.15, 0.2) is 0 Å². The SMILES string of the molecule is CC(N)=O.CCCCCOC1=CCCC1. The van der Waals surface area contributed by atoms with Crippen molar-refractivity contribution in [2.24, 2.45) is 5.73 Å². The maximum atomic E-state index is 9.22. The Balaban J connectivity index is 0.000000423. The summed E-state index contributed by atoms with van der Waals surface area (Å²) in [5, 5.41) is 0. The van der Waals surface area contributed by atoms with Crippen molar-refractivity contribution >= 4 is 5.91 Å². The summed E-state index contributed by atoms with van der Waals surface area (Å²) < 4.78 is 5.57. The van der Waals surface area contributed by atoms with Gasteiger partial charge in [-0.1, -0.05) is 19.8 Å². The Kier molecular flexibility index (Phi) is 8.93. The van der Waals surface area contributed by atoms with Crippen LogP contribution in [0.15, 0.2) is 11.8 Å². The van der Waals surface area contributed by atoms with E-state index in [-0.39, 0.29) is 5.91 Å². The van der Waals surface area contributed by atoms with E-state index in [2.05, 4.69) is 18.7 Å². The Bertz CT molecular complexity index is 196. The molecule has 0 bridgehead atoms. The molecule has 0 radical (unpaired) electrons. The maximum absolute atomic E-state index is 9.22. The summed E-state index contributed by atoms with van der Waals surface area (Å²) >= 11 is 0. The highest BCUT2D eigenvalue weighted by molar-refractivity contribution is 5.70. The standard InChI is InChI=1S/C10H18O.C2H5NO/c1-2-3-6-9-11-10-7-4-5-8-10;1-2(3)4/h7H,2-6,8-9H2,1H3;1H3,(H2,3,4). The lowest BCUT2D eigenvalue weighted by atomic mass is 10.3. The number of allylic oxidation sites excluding steroid dienone is 2. The van der Waals surface area contributed by atoms with Gasteiger partial charge in [-0.2, -0.15) is 0 Å². The Morgan fingerprint density at radius 2 is 2.20 bits per heavy atom. The minimum atomic E-state index is -0.333. The van der Waals surface area contributed by atoms with Crippen LogP contribution in [-0.2, 0) is 9.53 Å². The third-order valence-corrected chi connectivity index (χ3v) is 2.03. The van der Waals surface area contributed by atoms with Gasteiger partial charge in [0, 0.05) is 13.3 Å². The molecule has 0 aromatic heterocycles. The number of carbonyl (C=O) groups is 1.